The number of ether oxygens (including phenoxy) is 1. The van der Waals surface area contributed by atoms with E-state index in [1.54, 1.807) is 16.7 Å². The summed E-state index contributed by atoms with van der Waals surface area (Å²) in [6, 6.07) is 9.15. The van der Waals surface area contributed by atoms with E-state index in [2.05, 4.69) is 5.32 Å². The fourth-order valence-electron chi connectivity index (χ4n) is 8.25. The molecule has 2 aromatic rings. The Balaban J connectivity index is 0.949. The normalized spacial score (nSPS) is 31.7. The molecular weight excluding hydrogens is 500 g/mol. The van der Waals surface area contributed by atoms with Crippen LogP contribution in [0.15, 0.2) is 39.6 Å². The van der Waals surface area contributed by atoms with Crippen LogP contribution in [0.1, 0.15) is 78.8 Å². The van der Waals surface area contributed by atoms with E-state index in [9.17, 15) is 14.4 Å². The lowest BCUT2D eigenvalue weighted by molar-refractivity contribution is -0.136. The molecule has 1 aromatic heterocycles. The summed E-state index contributed by atoms with van der Waals surface area (Å²) in [5.41, 5.74) is 1.99. The molecule has 3 heterocycles. The molecular formula is C30H34N2O5S. The van der Waals surface area contributed by atoms with E-state index < -0.39 is 6.04 Å². The molecule has 2 aliphatic heterocycles. The average Bonchev–Trinajstić information content (AvgIpc) is 3.46. The summed E-state index contributed by atoms with van der Waals surface area (Å²) in [5, 5.41) is 2.36. The summed E-state index contributed by atoms with van der Waals surface area (Å²) >= 11 is 1.64. The Kier molecular flexibility index (Phi) is 6.15. The molecule has 5 fully saturated rings. The summed E-state index contributed by atoms with van der Waals surface area (Å²) < 4.78 is 12.3. The molecule has 1 unspecified atom stereocenters. The fourth-order valence-corrected chi connectivity index (χ4v) is 9.23. The Bertz CT molecular complexity index is 1250. The number of fused-ring (bicyclic) bond motifs is 1. The van der Waals surface area contributed by atoms with E-state index in [0.29, 0.717) is 36.3 Å². The number of nitrogens with one attached hydrogen (secondary N) is 1. The molecule has 6 aliphatic rings. The second kappa shape index (κ2) is 9.56. The quantitative estimate of drug-likeness (QED) is 0.376. The zero-order chi connectivity index (χ0) is 25.9. The third-order valence-electron chi connectivity index (χ3n) is 9.44. The van der Waals surface area contributed by atoms with Crippen LogP contribution in [0, 0.1) is 23.2 Å². The van der Waals surface area contributed by atoms with Crippen LogP contribution in [0.5, 0.6) is 0 Å². The van der Waals surface area contributed by atoms with Gasteiger partial charge in [0.15, 0.2) is 0 Å². The molecule has 200 valence electrons. The van der Waals surface area contributed by atoms with Crippen LogP contribution in [0.4, 0.5) is 0 Å². The molecule has 8 rings (SSSR count). The minimum atomic E-state index is -0.600. The van der Waals surface area contributed by atoms with Gasteiger partial charge in [-0.05, 0) is 97.9 Å². The Labute approximate surface area is 227 Å². The van der Waals surface area contributed by atoms with Crippen LogP contribution >= 0.6 is 11.8 Å². The molecule has 4 bridgehead atoms. The molecule has 0 spiro atoms. The van der Waals surface area contributed by atoms with Crippen molar-refractivity contribution in [3.63, 3.8) is 0 Å². The highest BCUT2D eigenvalue weighted by Gasteiger charge is 2.51. The minimum Gasteiger partial charge on any atom is -0.463 e. The zero-order valence-electron chi connectivity index (χ0n) is 21.6. The first-order valence-corrected chi connectivity index (χ1v) is 15.0. The Morgan fingerprint density at radius 1 is 1.00 bits per heavy atom. The lowest BCUT2D eigenvalue weighted by Crippen LogP contribution is -2.52. The number of hydrogen-bond donors (Lipinski definition) is 1. The van der Waals surface area contributed by atoms with Gasteiger partial charge in [-0.2, -0.15) is 0 Å². The van der Waals surface area contributed by atoms with Crippen molar-refractivity contribution in [3.05, 3.63) is 53.0 Å². The number of amides is 3. The number of hydrogen-bond acceptors (Lipinski definition) is 6. The van der Waals surface area contributed by atoms with Gasteiger partial charge in [-0.15, -0.1) is 11.8 Å². The number of furan rings is 1. The fraction of sp³-hybridized carbons (Fsp3) is 0.567. The molecule has 1 aromatic carbocycles. The number of piperidine rings is 1. The third kappa shape index (κ3) is 4.49. The molecule has 4 aliphatic carbocycles. The first-order chi connectivity index (χ1) is 18.4. The number of carbonyl (C=O) groups excluding carboxylic acids is 3. The number of thioether (sulfide) groups is 1. The van der Waals surface area contributed by atoms with Gasteiger partial charge in [-0.1, -0.05) is 6.07 Å². The zero-order valence-corrected chi connectivity index (χ0v) is 22.4. The summed E-state index contributed by atoms with van der Waals surface area (Å²) in [4.78, 5) is 39.6. The largest absolute Gasteiger partial charge is 0.463 e. The van der Waals surface area contributed by atoms with Gasteiger partial charge in [0.05, 0.1) is 12.4 Å². The number of rotatable bonds is 8. The maximum atomic E-state index is 13.1. The van der Waals surface area contributed by atoms with Gasteiger partial charge < -0.3 is 14.1 Å². The van der Waals surface area contributed by atoms with Crippen molar-refractivity contribution in [2.45, 2.75) is 81.2 Å². The molecule has 4 saturated carbocycles. The SMILES string of the molecule is O=C1CCC(N2Cc3c(SCc4ccc(COCC56CC7CC(CC(C7)C5)C6)o4)cccc3C2=O)C(=O)N1. The van der Waals surface area contributed by atoms with Crippen molar-refractivity contribution in [2.75, 3.05) is 6.61 Å². The van der Waals surface area contributed by atoms with E-state index in [1.807, 2.05) is 30.3 Å². The highest BCUT2D eigenvalue weighted by Crippen LogP contribution is 2.60. The van der Waals surface area contributed by atoms with Gasteiger partial charge >= 0.3 is 0 Å². The first-order valence-electron chi connectivity index (χ1n) is 14.0. The Morgan fingerprint density at radius 3 is 2.47 bits per heavy atom. The molecule has 1 N–H and O–H groups in total. The average molecular weight is 535 g/mol. The van der Waals surface area contributed by atoms with Crippen molar-refractivity contribution in [3.8, 4) is 0 Å². The molecule has 7 nitrogen and oxygen atoms in total. The molecule has 1 saturated heterocycles. The topological polar surface area (TPSA) is 88.9 Å². The van der Waals surface area contributed by atoms with Gasteiger partial charge in [-0.3, -0.25) is 19.7 Å². The molecule has 1 atom stereocenters. The van der Waals surface area contributed by atoms with Crippen LogP contribution in [-0.2, 0) is 33.2 Å². The minimum absolute atomic E-state index is 0.145. The van der Waals surface area contributed by atoms with Gasteiger partial charge in [0, 0.05) is 23.4 Å². The van der Waals surface area contributed by atoms with Crippen molar-refractivity contribution in [1.82, 2.24) is 10.2 Å². The summed E-state index contributed by atoms with van der Waals surface area (Å²) in [7, 11) is 0. The van der Waals surface area contributed by atoms with Gasteiger partial charge in [-0.25, -0.2) is 0 Å². The van der Waals surface area contributed by atoms with Crippen LogP contribution in [-0.4, -0.2) is 35.3 Å². The van der Waals surface area contributed by atoms with Crippen LogP contribution in [0.25, 0.3) is 0 Å². The molecule has 3 amide bonds. The maximum Gasteiger partial charge on any atom is 0.255 e. The maximum absolute atomic E-state index is 13.1. The van der Waals surface area contributed by atoms with Crippen molar-refractivity contribution in [1.29, 1.82) is 0 Å². The van der Waals surface area contributed by atoms with Gasteiger partial charge in [0.2, 0.25) is 11.8 Å². The lowest BCUT2D eigenvalue weighted by Gasteiger charge is -2.56. The Morgan fingerprint density at radius 2 is 1.74 bits per heavy atom. The number of nitrogens with zero attached hydrogens (tertiary/aromatic N) is 1. The van der Waals surface area contributed by atoms with E-state index in [0.717, 1.165) is 46.3 Å². The smallest absolute Gasteiger partial charge is 0.255 e. The highest BCUT2D eigenvalue weighted by molar-refractivity contribution is 7.98. The first kappa shape index (κ1) is 24.5. The summed E-state index contributed by atoms with van der Waals surface area (Å²) in [5.74, 6) is 4.39. The number of carbonyl (C=O) groups is 3. The number of benzene rings is 1. The highest BCUT2D eigenvalue weighted by atomic mass is 32.2. The van der Waals surface area contributed by atoms with E-state index in [-0.39, 0.29) is 24.1 Å². The molecule has 8 heteroatoms. The predicted octanol–water partition coefficient (Wildman–Crippen LogP) is 5.07. The standard InChI is InChI=1S/C30H34N2O5S/c33-27-7-6-25(28(34)31-27)32-14-24-23(29(32)35)2-1-3-26(24)38-16-22-5-4-21(37-22)15-36-17-30-11-18-8-19(12-30)10-20(9-18)13-30/h1-5,18-20,25H,6-17H2,(H,31,33,34). The van der Waals surface area contributed by atoms with Crippen molar-refractivity contribution < 1.29 is 23.5 Å². The van der Waals surface area contributed by atoms with E-state index in [1.165, 1.54) is 38.5 Å². The Hall–Kier alpha value is -2.58. The monoisotopic (exact) mass is 534 g/mol. The van der Waals surface area contributed by atoms with Crippen molar-refractivity contribution >= 4 is 29.5 Å². The van der Waals surface area contributed by atoms with Gasteiger partial charge in [0.1, 0.15) is 24.2 Å². The third-order valence-corrected chi connectivity index (χ3v) is 10.6. The van der Waals surface area contributed by atoms with Crippen molar-refractivity contribution in [2.24, 2.45) is 23.2 Å². The summed E-state index contributed by atoms with van der Waals surface area (Å²) in [6.07, 6.45) is 9.03. The second-order valence-corrected chi connectivity index (χ2v) is 13.3. The van der Waals surface area contributed by atoms with Gasteiger partial charge in [0.25, 0.3) is 5.91 Å². The van der Waals surface area contributed by atoms with Crippen LogP contribution in [0.2, 0.25) is 0 Å². The lowest BCUT2D eigenvalue weighted by atomic mass is 9.50. The van der Waals surface area contributed by atoms with E-state index in [4.69, 9.17) is 9.15 Å². The molecule has 0 radical (unpaired) electrons. The van der Waals surface area contributed by atoms with E-state index >= 15 is 0 Å². The predicted molar refractivity (Wildman–Crippen MR) is 141 cm³/mol. The molecule has 38 heavy (non-hydrogen) atoms. The number of imide groups is 1. The van der Waals surface area contributed by atoms with Crippen LogP contribution < -0.4 is 5.32 Å². The second-order valence-electron chi connectivity index (χ2n) is 12.2. The summed E-state index contributed by atoms with van der Waals surface area (Å²) in [6.45, 7) is 1.75. The van der Waals surface area contributed by atoms with Crippen LogP contribution in [0.3, 0.4) is 0 Å².